The standard InChI is InChI=1S/C18H26N2/c1-6-7-17(20-5)11-16(13-19)9-8-15-10-14(2)18(3,4)12-15/h6-9,15-16,20H,1-2,10-12H2,3-5H3/b9-8+,17-7-. The second-order valence-electron chi connectivity index (χ2n) is 6.16. The molecule has 0 amide bonds. The van der Waals surface area contributed by atoms with E-state index in [4.69, 9.17) is 0 Å². The molecule has 108 valence electrons. The van der Waals surface area contributed by atoms with Gasteiger partial charge in [0, 0.05) is 19.2 Å². The van der Waals surface area contributed by atoms with Crippen LogP contribution in [0, 0.1) is 28.6 Å². The van der Waals surface area contributed by atoms with E-state index in [9.17, 15) is 5.26 Å². The maximum Gasteiger partial charge on any atom is 0.0701 e. The first-order valence-corrected chi connectivity index (χ1v) is 7.18. The first kappa shape index (κ1) is 16.3. The van der Waals surface area contributed by atoms with E-state index < -0.39 is 0 Å². The number of allylic oxidation sites excluding steroid dienone is 6. The Kier molecular flexibility index (Phi) is 5.82. The number of rotatable bonds is 6. The van der Waals surface area contributed by atoms with Crippen molar-refractivity contribution in [3.8, 4) is 6.07 Å². The number of nitrogens with one attached hydrogen (secondary N) is 1. The third-order valence-electron chi connectivity index (χ3n) is 4.10. The van der Waals surface area contributed by atoms with E-state index in [0.717, 1.165) is 18.5 Å². The minimum Gasteiger partial charge on any atom is -0.391 e. The topological polar surface area (TPSA) is 35.8 Å². The van der Waals surface area contributed by atoms with E-state index in [0.29, 0.717) is 12.3 Å². The van der Waals surface area contributed by atoms with Gasteiger partial charge in [0.15, 0.2) is 0 Å². The summed E-state index contributed by atoms with van der Waals surface area (Å²) in [6, 6.07) is 2.36. The number of hydrogen-bond acceptors (Lipinski definition) is 2. The molecule has 1 saturated carbocycles. The first-order chi connectivity index (χ1) is 9.42. The average molecular weight is 270 g/mol. The molecular formula is C18H26N2. The zero-order valence-corrected chi connectivity index (χ0v) is 12.9. The van der Waals surface area contributed by atoms with Gasteiger partial charge in [-0.25, -0.2) is 0 Å². The lowest BCUT2D eigenvalue weighted by Crippen LogP contribution is -2.09. The van der Waals surface area contributed by atoms with Crippen LogP contribution in [-0.4, -0.2) is 7.05 Å². The van der Waals surface area contributed by atoms with Gasteiger partial charge >= 0.3 is 0 Å². The van der Waals surface area contributed by atoms with Crippen LogP contribution in [0.15, 0.2) is 48.7 Å². The van der Waals surface area contributed by atoms with Crippen molar-refractivity contribution in [3.05, 3.63) is 48.7 Å². The normalized spacial score (nSPS) is 23.6. The summed E-state index contributed by atoms with van der Waals surface area (Å²) in [5.74, 6) is 0.431. The Labute approximate surface area is 123 Å². The molecule has 0 bridgehead atoms. The maximum atomic E-state index is 9.27. The summed E-state index contributed by atoms with van der Waals surface area (Å²) in [7, 11) is 1.87. The molecule has 2 unspecified atom stereocenters. The molecule has 0 radical (unpaired) electrons. The molecule has 0 aliphatic heterocycles. The smallest absolute Gasteiger partial charge is 0.0701 e. The highest BCUT2D eigenvalue weighted by molar-refractivity contribution is 5.19. The molecule has 0 saturated heterocycles. The minimum atomic E-state index is -0.0920. The molecule has 1 aliphatic rings. The first-order valence-electron chi connectivity index (χ1n) is 7.18. The summed E-state index contributed by atoms with van der Waals surface area (Å²) < 4.78 is 0. The van der Waals surface area contributed by atoms with Crippen LogP contribution in [0.5, 0.6) is 0 Å². The zero-order valence-electron chi connectivity index (χ0n) is 12.9. The zero-order chi connectivity index (χ0) is 15.2. The van der Waals surface area contributed by atoms with E-state index in [1.807, 2.05) is 19.2 Å². The van der Waals surface area contributed by atoms with Gasteiger partial charge in [-0.05, 0) is 30.3 Å². The summed E-state index contributed by atoms with van der Waals surface area (Å²) in [5, 5.41) is 12.4. The van der Waals surface area contributed by atoms with E-state index in [1.54, 1.807) is 6.08 Å². The molecule has 1 rings (SSSR count). The van der Waals surface area contributed by atoms with Crippen LogP contribution in [0.1, 0.15) is 33.1 Å². The molecule has 1 aliphatic carbocycles. The lowest BCUT2D eigenvalue weighted by molar-refractivity contribution is 0.435. The molecule has 0 spiro atoms. The lowest BCUT2D eigenvalue weighted by Gasteiger charge is -2.18. The summed E-state index contributed by atoms with van der Waals surface area (Å²) in [6.45, 7) is 12.3. The Bertz CT molecular complexity index is 460. The SMILES string of the molecule is C=C/C=C(/CC(C#N)/C=C/C1CC(=C)C(C)(C)C1)NC. The molecule has 2 nitrogen and oxygen atoms in total. The van der Waals surface area contributed by atoms with Gasteiger partial charge in [0.25, 0.3) is 0 Å². The average Bonchev–Trinajstić information content (AvgIpc) is 2.66. The lowest BCUT2D eigenvalue weighted by atomic mass is 9.87. The second-order valence-corrected chi connectivity index (χ2v) is 6.16. The van der Waals surface area contributed by atoms with Crippen LogP contribution < -0.4 is 5.32 Å². The van der Waals surface area contributed by atoms with Gasteiger partial charge in [-0.2, -0.15) is 5.26 Å². The summed E-state index contributed by atoms with van der Waals surface area (Å²) in [4.78, 5) is 0. The Hall–Kier alpha value is -1.75. The second kappa shape index (κ2) is 7.14. The number of nitrogens with zero attached hydrogens (tertiary/aromatic N) is 1. The van der Waals surface area contributed by atoms with Crippen molar-refractivity contribution < 1.29 is 0 Å². The molecule has 20 heavy (non-hydrogen) atoms. The van der Waals surface area contributed by atoms with E-state index in [2.05, 4.69) is 44.5 Å². The number of hydrogen-bond donors (Lipinski definition) is 1. The van der Waals surface area contributed by atoms with Crippen LogP contribution in [0.2, 0.25) is 0 Å². The van der Waals surface area contributed by atoms with Crippen LogP contribution in [0.4, 0.5) is 0 Å². The molecule has 2 heteroatoms. The Morgan fingerprint density at radius 2 is 2.30 bits per heavy atom. The van der Waals surface area contributed by atoms with Crippen molar-refractivity contribution in [2.75, 3.05) is 7.05 Å². The quantitative estimate of drug-likeness (QED) is 0.575. The minimum absolute atomic E-state index is 0.0920. The number of nitriles is 1. The molecule has 0 aromatic rings. The van der Waals surface area contributed by atoms with Crippen molar-refractivity contribution in [2.24, 2.45) is 17.3 Å². The van der Waals surface area contributed by atoms with Crippen LogP contribution in [0.3, 0.4) is 0 Å². The monoisotopic (exact) mass is 270 g/mol. The summed E-state index contributed by atoms with van der Waals surface area (Å²) >= 11 is 0. The van der Waals surface area contributed by atoms with Crippen LogP contribution in [-0.2, 0) is 0 Å². The molecule has 1 fully saturated rings. The van der Waals surface area contributed by atoms with Crippen LogP contribution in [0.25, 0.3) is 0 Å². The predicted molar refractivity (Wildman–Crippen MR) is 85.8 cm³/mol. The molecule has 0 aromatic heterocycles. The Balaban J connectivity index is 2.64. The van der Waals surface area contributed by atoms with E-state index in [-0.39, 0.29) is 11.3 Å². The predicted octanol–water partition coefficient (Wildman–Crippen LogP) is 4.35. The fourth-order valence-electron chi connectivity index (χ4n) is 2.68. The van der Waals surface area contributed by atoms with E-state index in [1.165, 1.54) is 5.57 Å². The highest BCUT2D eigenvalue weighted by Gasteiger charge is 2.32. The third-order valence-corrected chi connectivity index (χ3v) is 4.10. The fraction of sp³-hybridized carbons (Fsp3) is 0.500. The van der Waals surface area contributed by atoms with Crippen molar-refractivity contribution in [2.45, 2.75) is 33.1 Å². The van der Waals surface area contributed by atoms with Gasteiger partial charge < -0.3 is 5.32 Å². The van der Waals surface area contributed by atoms with E-state index >= 15 is 0 Å². The van der Waals surface area contributed by atoms with Gasteiger partial charge in [-0.1, -0.05) is 50.8 Å². The molecule has 0 aromatic carbocycles. The highest BCUT2D eigenvalue weighted by Crippen LogP contribution is 2.45. The maximum absolute atomic E-state index is 9.27. The fourth-order valence-corrected chi connectivity index (χ4v) is 2.68. The van der Waals surface area contributed by atoms with Crippen molar-refractivity contribution in [1.82, 2.24) is 5.32 Å². The van der Waals surface area contributed by atoms with Gasteiger partial charge in [-0.3, -0.25) is 0 Å². The molecular weight excluding hydrogens is 244 g/mol. The van der Waals surface area contributed by atoms with Gasteiger partial charge in [0.2, 0.25) is 0 Å². The van der Waals surface area contributed by atoms with Gasteiger partial charge in [0.1, 0.15) is 0 Å². The Morgan fingerprint density at radius 3 is 2.75 bits per heavy atom. The van der Waals surface area contributed by atoms with Crippen molar-refractivity contribution >= 4 is 0 Å². The largest absolute Gasteiger partial charge is 0.391 e. The Morgan fingerprint density at radius 1 is 1.60 bits per heavy atom. The molecule has 0 heterocycles. The highest BCUT2D eigenvalue weighted by atomic mass is 14.8. The third kappa shape index (κ3) is 4.42. The van der Waals surface area contributed by atoms with Crippen molar-refractivity contribution in [1.29, 1.82) is 5.26 Å². The van der Waals surface area contributed by atoms with Crippen molar-refractivity contribution in [3.63, 3.8) is 0 Å². The molecule has 1 N–H and O–H groups in total. The summed E-state index contributed by atoms with van der Waals surface area (Å²) in [5.41, 5.74) is 2.59. The van der Waals surface area contributed by atoms with Crippen LogP contribution >= 0.6 is 0 Å². The summed E-state index contributed by atoms with van der Waals surface area (Å²) in [6.07, 6.45) is 10.8. The van der Waals surface area contributed by atoms with Gasteiger partial charge in [-0.15, -0.1) is 0 Å². The van der Waals surface area contributed by atoms with Gasteiger partial charge in [0.05, 0.1) is 12.0 Å². The molecule has 2 atom stereocenters.